The minimum absolute atomic E-state index is 0.0395. The smallest absolute Gasteiger partial charge is 0.135 e. The number of rotatable bonds is 3. The summed E-state index contributed by atoms with van der Waals surface area (Å²) >= 11 is 13.6. The van der Waals surface area contributed by atoms with Crippen molar-refractivity contribution in [1.29, 1.82) is 10.5 Å². The van der Waals surface area contributed by atoms with Gasteiger partial charge in [-0.25, -0.2) is 0 Å². The Hall–Kier alpha value is -1.84. The molecule has 0 aromatic heterocycles. The molecule has 3 rings (SSSR count). The van der Waals surface area contributed by atoms with E-state index in [1.54, 1.807) is 0 Å². The molecule has 0 spiro atoms. The number of nitrogens with two attached hydrogens (primary N) is 2. The molecule has 140 valence electrons. The molecule has 8 heteroatoms. The van der Waals surface area contributed by atoms with Crippen LogP contribution < -0.4 is 11.5 Å². The third kappa shape index (κ3) is 3.46. The van der Waals surface area contributed by atoms with E-state index in [2.05, 4.69) is 44.0 Å². The van der Waals surface area contributed by atoms with Crippen LogP contribution in [0.3, 0.4) is 0 Å². The molecule has 1 aliphatic rings. The van der Waals surface area contributed by atoms with Gasteiger partial charge >= 0.3 is 0 Å². The highest BCUT2D eigenvalue weighted by atomic mass is 79.9. The molecule has 1 aliphatic heterocycles. The molecule has 0 aliphatic carbocycles. The lowest BCUT2D eigenvalue weighted by Gasteiger charge is -2.44. The zero-order valence-electron chi connectivity index (χ0n) is 14.4. The van der Waals surface area contributed by atoms with Crippen LogP contribution in [0.4, 0.5) is 0 Å². The first-order chi connectivity index (χ1) is 13.3. The van der Waals surface area contributed by atoms with Crippen LogP contribution in [-0.4, -0.2) is 4.99 Å². The van der Waals surface area contributed by atoms with E-state index in [0.29, 0.717) is 10.6 Å². The second kappa shape index (κ2) is 8.26. The Balaban J connectivity index is 2.36. The van der Waals surface area contributed by atoms with E-state index >= 15 is 0 Å². The van der Waals surface area contributed by atoms with E-state index in [9.17, 15) is 10.5 Å². The van der Waals surface area contributed by atoms with Gasteiger partial charge in [-0.1, -0.05) is 80.1 Å². The lowest BCUT2D eigenvalue weighted by atomic mass is 9.65. The normalized spacial score (nSPS) is 24.3. The molecule has 0 saturated heterocycles. The molecule has 2 aromatic rings. The lowest BCUT2D eigenvalue weighted by Crippen LogP contribution is -2.47. The number of benzene rings is 2. The van der Waals surface area contributed by atoms with Crippen LogP contribution in [0.1, 0.15) is 22.3 Å². The van der Waals surface area contributed by atoms with Crippen LogP contribution in [0.5, 0.6) is 0 Å². The second-order valence-electron chi connectivity index (χ2n) is 6.28. The lowest BCUT2D eigenvalue weighted by molar-refractivity contribution is 0.462. The van der Waals surface area contributed by atoms with E-state index < -0.39 is 16.6 Å². The van der Waals surface area contributed by atoms with Gasteiger partial charge in [0.1, 0.15) is 5.41 Å². The predicted molar refractivity (Wildman–Crippen MR) is 123 cm³/mol. The average Bonchev–Trinajstić information content (AvgIpc) is 2.67. The largest absolute Gasteiger partial charge is 0.393 e. The van der Waals surface area contributed by atoms with E-state index in [-0.39, 0.29) is 4.99 Å². The highest BCUT2D eigenvalue weighted by molar-refractivity contribution is 9.10. The fourth-order valence-electron chi connectivity index (χ4n) is 3.49. The molecule has 2 aromatic carbocycles. The van der Waals surface area contributed by atoms with Crippen molar-refractivity contribution in [2.24, 2.45) is 16.9 Å². The van der Waals surface area contributed by atoms with Crippen LogP contribution in [0.15, 0.2) is 68.1 Å². The zero-order chi connectivity index (χ0) is 20.5. The van der Waals surface area contributed by atoms with Crippen molar-refractivity contribution in [2.75, 3.05) is 0 Å². The molecule has 0 saturated carbocycles. The Bertz CT molecular complexity index is 1070. The Labute approximate surface area is 189 Å². The maximum atomic E-state index is 10.4. The summed E-state index contributed by atoms with van der Waals surface area (Å²) in [6.45, 7) is 0. The number of nitrogens with zero attached hydrogens (tertiary/aromatic N) is 2. The molecule has 0 bridgehead atoms. The van der Waals surface area contributed by atoms with Crippen LogP contribution in [0, 0.1) is 28.1 Å². The molecule has 0 amide bonds. The SMILES string of the molecule is N#CC1=C(N)S[C@H](c2cccc(Br)c2)[C@@](C#N)(C(N)=S)[C@H]1c1cccc(Br)c1. The van der Waals surface area contributed by atoms with E-state index in [1.165, 1.54) is 11.8 Å². The molecule has 0 fully saturated rings. The number of halogens is 2. The molecule has 0 radical (unpaired) electrons. The van der Waals surface area contributed by atoms with Gasteiger partial charge < -0.3 is 11.5 Å². The third-order valence-electron chi connectivity index (χ3n) is 4.71. The number of allylic oxidation sites excluding steroid dienone is 1. The van der Waals surface area contributed by atoms with Gasteiger partial charge in [0.15, 0.2) is 0 Å². The van der Waals surface area contributed by atoms with Gasteiger partial charge in [-0.05, 0) is 35.4 Å². The summed E-state index contributed by atoms with van der Waals surface area (Å²) in [7, 11) is 0. The van der Waals surface area contributed by atoms with Crippen LogP contribution in [0.2, 0.25) is 0 Å². The minimum atomic E-state index is -1.32. The zero-order valence-corrected chi connectivity index (χ0v) is 19.2. The Kier molecular flexibility index (Phi) is 6.16. The highest BCUT2D eigenvalue weighted by Crippen LogP contribution is 2.60. The molecule has 3 atom stereocenters. The quantitative estimate of drug-likeness (QED) is 0.521. The van der Waals surface area contributed by atoms with Gasteiger partial charge in [0.25, 0.3) is 0 Å². The summed E-state index contributed by atoms with van der Waals surface area (Å²) in [6, 6.07) is 19.6. The standard InChI is InChI=1S/C20H14Br2N4S2/c21-13-5-1-3-11(7-13)16-15(9-23)18(25)28-17(20(16,10-24)19(26)27)12-4-2-6-14(22)8-12/h1-8,16-17H,25H2,(H2,26,27)/t16-,17+,20-/m0/s1. The first kappa shape index (κ1) is 20.9. The summed E-state index contributed by atoms with van der Waals surface area (Å²) in [4.78, 5) is 0.0395. The van der Waals surface area contributed by atoms with Gasteiger partial charge in [0, 0.05) is 14.9 Å². The van der Waals surface area contributed by atoms with E-state index in [1.807, 2.05) is 48.5 Å². The predicted octanol–water partition coefficient (Wildman–Crippen LogP) is 5.27. The molecule has 1 heterocycles. The number of thiocarbonyl (C=S) groups is 1. The number of hydrogen-bond donors (Lipinski definition) is 2. The highest BCUT2D eigenvalue weighted by Gasteiger charge is 2.55. The minimum Gasteiger partial charge on any atom is -0.393 e. The van der Waals surface area contributed by atoms with Crippen molar-refractivity contribution in [3.05, 3.63) is 79.2 Å². The van der Waals surface area contributed by atoms with Crippen molar-refractivity contribution in [3.63, 3.8) is 0 Å². The Morgan fingerprint density at radius 3 is 2.14 bits per heavy atom. The first-order valence-corrected chi connectivity index (χ1v) is 11.0. The maximum Gasteiger partial charge on any atom is 0.135 e. The maximum absolute atomic E-state index is 10.4. The van der Waals surface area contributed by atoms with Crippen LogP contribution >= 0.6 is 55.8 Å². The fraction of sp³-hybridized carbons (Fsp3) is 0.150. The first-order valence-electron chi connectivity index (χ1n) is 8.13. The summed E-state index contributed by atoms with van der Waals surface area (Å²) in [5.41, 5.74) is 13.1. The fourth-order valence-corrected chi connectivity index (χ4v) is 6.01. The average molecular weight is 534 g/mol. The van der Waals surface area contributed by atoms with Crippen molar-refractivity contribution in [3.8, 4) is 12.1 Å². The number of nitriles is 2. The topological polar surface area (TPSA) is 99.6 Å². The molecular weight excluding hydrogens is 520 g/mol. The van der Waals surface area contributed by atoms with Crippen molar-refractivity contribution < 1.29 is 0 Å². The van der Waals surface area contributed by atoms with Gasteiger partial charge in [-0.3, -0.25) is 0 Å². The van der Waals surface area contributed by atoms with Crippen molar-refractivity contribution in [1.82, 2.24) is 0 Å². The number of hydrogen-bond acceptors (Lipinski definition) is 5. The molecule has 28 heavy (non-hydrogen) atoms. The monoisotopic (exact) mass is 532 g/mol. The third-order valence-corrected chi connectivity index (χ3v) is 7.39. The van der Waals surface area contributed by atoms with Crippen LogP contribution in [-0.2, 0) is 0 Å². The van der Waals surface area contributed by atoms with Gasteiger partial charge in [-0.15, -0.1) is 0 Å². The second-order valence-corrected chi connectivity index (χ2v) is 9.69. The van der Waals surface area contributed by atoms with Gasteiger partial charge in [-0.2, -0.15) is 10.5 Å². The Morgan fingerprint density at radius 1 is 1.07 bits per heavy atom. The summed E-state index contributed by atoms with van der Waals surface area (Å²) in [5, 5.41) is 20.2. The van der Waals surface area contributed by atoms with Crippen molar-refractivity contribution in [2.45, 2.75) is 11.2 Å². The van der Waals surface area contributed by atoms with Gasteiger partial charge in [0.05, 0.1) is 33.0 Å². The number of thioether (sulfide) groups is 1. The van der Waals surface area contributed by atoms with E-state index in [0.717, 1.165) is 20.1 Å². The summed E-state index contributed by atoms with van der Waals surface area (Å²) < 4.78 is 1.70. The summed E-state index contributed by atoms with van der Waals surface area (Å²) in [5.74, 6) is -0.678. The molecular formula is C20H14Br2N4S2. The molecule has 0 unspecified atom stereocenters. The van der Waals surface area contributed by atoms with Crippen molar-refractivity contribution >= 4 is 60.8 Å². The molecule has 4 nitrogen and oxygen atoms in total. The van der Waals surface area contributed by atoms with Crippen LogP contribution in [0.25, 0.3) is 0 Å². The van der Waals surface area contributed by atoms with Gasteiger partial charge in [0.2, 0.25) is 0 Å². The summed E-state index contributed by atoms with van der Waals surface area (Å²) in [6.07, 6.45) is 0. The molecule has 4 N–H and O–H groups in total. The van der Waals surface area contributed by atoms with E-state index in [4.69, 9.17) is 23.7 Å². The Morgan fingerprint density at radius 2 is 1.64 bits per heavy atom.